The molecule has 8 heteroatoms. The molecule has 0 unspecified atom stereocenters. The van der Waals surface area contributed by atoms with Gasteiger partial charge in [-0.25, -0.2) is 9.78 Å². The number of carbonyl (C=O) groups is 1. The number of aromatic carboxylic acids is 1. The number of H-pyrrole nitrogens is 1. The van der Waals surface area contributed by atoms with Crippen LogP contribution in [0, 0.1) is 5.92 Å². The van der Waals surface area contributed by atoms with E-state index in [1.54, 1.807) is 24.3 Å². The fourth-order valence-corrected chi connectivity index (χ4v) is 3.99. The largest absolute Gasteiger partial charge is 0.508 e. The SMILES string of the molecule is O=C(O)c1cccc2[nH]c(NCC3CCN(Cc4cc(Cl)ccc4O)CC3)nc12. The lowest BCUT2D eigenvalue weighted by molar-refractivity contribution is 0.0699. The molecule has 29 heavy (non-hydrogen) atoms. The fraction of sp³-hybridized carbons (Fsp3) is 0.333. The van der Waals surface area contributed by atoms with E-state index in [2.05, 4.69) is 20.2 Å². The summed E-state index contributed by atoms with van der Waals surface area (Å²) >= 11 is 6.03. The van der Waals surface area contributed by atoms with Gasteiger partial charge in [0.25, 0.3) is 0 Å². The van der Waals surface area contributed by atoms with Crippen LogP contribution in [0.1, 0.15) is 28.8 Å². The van der Waals surface area contributed by atoms with Crippen LogP contribution in [-0.2, 0) is 6.54 Å². The molecule has 0 radical (unpaired) electrons. The Balaban J connectivity index is 1.31. The van der Waals surface area contributed by atoms with E-state index in [0.717, 1.165) is 38.0 Å². The Morgan fingerprint density at radius 2 is 2.07 bits per heavy atom. The summed E-state index contributed by atoms with van der Waals surface area (Å²) in [5.74, 6) is 0.405. The Morgan fingerprint density at radius 1 is 1.28 bits per heavy atom. The number of piperidine rings is 1. The third-order valence-electron chi connectivity index (χ3n) is 5.44. The zero-order valence-electron chi connectivity index (χ0n) is 15.9. The average molecular weight is 415 g/mol. The second-order valence-electron chi connectivity index (χ2n) is 7.47. The number of benzene rings is 2. The number of rotatable bonds is 6. The van der Waals surface area contributed by atoms with Gasteiger partial charge < -0.3 is 20.5 Å². The first kappa shape index (κ1) is 19.5. The summed E-state index contributed by atoms with van der Waals surface area (Å²) in [5, 5.41) is 23.2. The van der Waals surface area contributed by atoms with E-state index < -0.39 is 5.97 Å². The van der Waals surface area contributed by atoms with Crippen LogP contribution in [0.4, 0.5) is 5.95 Å². The number of hydrogen-bond acceptors (Lipinski definition) is 5. The monoisotopic (exact) mass is 414 g/mol. The van der Waals surface area contributed by atoms with E-state index in [4.69, 9.17) is 11.6 Å². The summed E-state index contributed by atoms with van der Waals surface area (Å²) in [7, 11) is 0. The van der Waals surface area contributed by atoms with Crippen molar-refractivity contribution in [1.29, 1.82) is 0 Å². The van der Waals surface area contributed by atoms with Crippen LogP contribution in [0.3, 0.4) is 0 Å². The molecule has 4 rings (SSSR count). The van der Waals surface area contributed by atoms with Crippen molar-refractivity contribution in [2.45, 2.75) is 19.4 Å². The van der Waals surface area contributed by atoms with Crippen LogP contribution in [0.25, 0.3) is 11.0 Å². The van der Waals surface area contributed by atoms with Crippen molar-refractivity contribution < 1.29 is 15.0 Å². The van der Waals surface area contributed by atoms with Crippen LogP contribution in [0.2, 0.25) is 5.02 Å². The van der Waals surface area contributed by atoms with Crippen LogP contribution in [-0.4, -0.2) is 50.7 Å². The van der Waals surface area contributed by atoms with E-state index in [0.29, 0.717) is 34.5 Å². The lowest BCUT2D eigenvalue weighted by atomic mass is 9.96. The van der Waals surface area contributed by atoms with Crippen LogP contribution in [0.15, 0.2) is 36.4 Å². The molecule has 0 atom stereocenters. The standard InChI is InChI=1S/C21H23ClN4O3/c22-15-4-5-18(27)14(10-15)12-26-8-6-13(7-9-26)11-23-21-24-17-3-1-2-16(20(28)29)19(17)25-21/h1-5,10,13,27H,6-9,11-12H2,(H,28,29)(H2,23,24,25). The quantitative estimate of drug-likeness (QED) is 0.487. The fourth-order valence-electron chi connectivity index (χ4n) is 3.80. The molecular weight excluding hydrogens is 392 g/mol. The Bertz CT molecular complexity index is 1030. The number of aromatic amines is 1. The van der Waals surface area contributed by atoms with Crippen LogP contribution >= 0.6 is 11.6 Å². The van der Waals surface area contributed by atoms with Gasteiger partial charge in [-0.05, 0) is 62.2 Å². The summed E-state index contributed by atoms with van der Waals surface area (Å²) in [4.78, 5) is 21.2. The van der Waals surface area contributed by atoms with E-state index >= 15 is 0 Å². The second kappa shape index (κ2) is 8.31. The molecule has 1 aliphatic rings. The molecule has 2 aromatic carbocycles. The number of nitrogens with one attached hydrogen (secondary N) is 2. The minimum absolute atomic E-state index is 0.198. The number of nitrogens with zero attached hydrogens (tertiary/aromatic N) is 2. The zero-order chi connectivity index (χ0) is 20.4. The number of aromatic nitrogens is 2. The van der Waals surface area contributed by atoms with Gasteiger partial charge >= 0.3 is 5.97 Å². The molecule has 1 aliphatic heterocycles. The summed E-state index contributed by atoms with van der Waals surface area (Å²) in [6, 6.07) is 10.2. The highest BCUT2D eigenvalue weighted by Crippen LogP contribution is 2.26. The molecule has 1 aromatic heterocycles. The number of hydrogen-bond donors (Lipinski definition) is 4. The maximum atomic E-state index is 11.3. The highest BCUT2D eigenvalue weighted by Gasteiger charge is 2.21. The topological polar surface area (TPSA) is 101 Å². The Labute approximate surface area is 173 Å². The molecular formula is C21H23ClN4O3. The minimum atomic E-state index is -0.980. The number of phenolic OH excluding ortho intramolecular Hbond substituents is 1. The van der Waals surface area contributed by atoms with Gasteiger partial charge in [0.2, 0.25) is 5.95 Å². The van der Waals surface area contributed by atoms with Gasteiger partial charge in [-0.1, -0.05) is 17.7 Å². The zero-order valence-corrected chi connectivity index (χ0v) is 16.6. The second-order valence-corrected chi connectivity index (χ2v) is 7.90. The first-order valence-electron chi connectivity index (χ1n) is 9.65. The highest BCUT2D eigenvalue weighted by atomic mass is 35.5. The number of anilines is 1. The van der Waals surface area contributed by atoms with E-state index in [1.165, 1.54) is 0 Å². The summed E-state index contributed by atoms with van der Waals surface area (Å²) in [6.07, 6.45) is 2.07. The van der Waals surface area contributed by atoms with Gasteiger partial charge in [0, 0.05) is 23.7 Å². The molecule has 4 N–H and O–H groups in total. The number of fused-ring (bicyclic) bond motifs is 1. The smallest absolute Gasteiger partial charge is 0.337 e. The van der Waals surface area contributed by atoms with E-state index in [9.17, 15) is 15.0 Å². The van der Waals surface area contributed by atoms with Gasteiger partial charge in [0.05, 0.1) is 11.1 Å². The molecule has 1 fully saturated rings. The number of halogens is 1. The highest BCUT2D eigenvalue weighted by molar-refractivity contribution is 6.30. The third-order valence-corrected chi connectivity index (χ3v) is 5.68. The van der Waals surface area contributed by atoms with Crippen molar-refractivity contribution >= 4 is 34.6 Å². The predicted octanol–water partition coefficient (Wildman–Crippen LogP) is 3.94. The number of carboxylic acid groups (broad SMARTS) is 1. The van der Waals surface area contributed by atoms with Crippen molar-refractivity contribution in [3.63, 3.8) is 0 Å². The van der Waals surface area contributed by atoms with Crippen molar-refractivity contribution in [1.82, 2.24) is 14.9 Å². The lowest BCUT2D eigenvalue weighted by Gasteiger charge is -2.32. The van der Waals surface area contributed by atoms with Gasteiger partial charge in [-0.3, -0.25) is 4.90 Å². The number of likely N-dealkylation sites (tertiary alicyclic amines) is 1. The van der Waals surface area contributed by atoms with Gasteiger partial charge in [-0.2, -0.15) is 0 Å². The third kappa shape index (κ3) is 4.46. The molecule has 2 heterocycles. The first-order valence-corrected chi connectivity index (χ1v) is 10.0. The maximum Gasteiger partial charge on any atom is 0.337 e. The molecule has 0 spiro atoms. The number of phenols is 1. The Hall–Kier alpha value is -2.77. The molecule has 3 aromatic rings. The molecule has 152 valence electrons. The molecule has 7 nitrogen and oxygen atoms in total. The Kier molecular flexibility index (Phi) is 5.60. The molecule has 1 saturated heterocycles. The minimum Gasteiger partial charge on any atom is -0.508 e. The van der Waals surface area contributed by atoms with Crippen molar-refractivity contribution in [3.05, 3.63) is 52.5 Å². The normalized spacial score (nSPS) is 15.6. The summed E-state index contributed by atoms with van der Waals surface area (Å²) in [5.41, 5.74) is 2.23. The molecule has 0 aliphatic carbocycles. The molecule has 0 saturated carbocycles. The number of imidazole rings is 1. The summed E-state index contributed by atoms with van der Waals surface area (Å²) < 4.78 is 0. The van der Waals surface area contributed by atoms with Crippen molar-refractivity contribution in [3.8, 4) is 5.75 Å². The van der Waals surface area contributed by atoms with Gasteiger partial charge in [0.15, 0.2) is 0 Å². The number of para-hydroxylation sites is 1. The number of aromatic hydroxyl groups is 1. The van der Waals surface area contributed by atoms with Crippen LogP contribution < -0.4 is 5.32 Å². The Morgan fingerprint density at radius 3 is 2.83 bits per heavy atom. The average Bonchev–Trinajstić information content (AvgIpc) is 3.13. The van der Waals surface area contributed by atoms with Gasteiger partial charge in [0.1, 0.15) is 11.3 Å². The van der Waals surface area contributed by atoms with Crippen molar-refractivity contribution in [2.24, 2.45) is 5.92 Å². The molecule has 0 bridgehead atoms. The lowest BCUT2D eigenvalue weighted by Crippen LogP contribution is -2.35. The summed E-state index contributed by atoms with van der Waals surface area (Å²) in [6.45, 7) is 3.36. The van der Waals surface area contributed by atoms with Gasteiger partial charge in [-0.15, -0.1) is 0 Å². The van der Waals surface area contributed by atoms with Crippen molar-refractivity contribution in [2.75, 3.05) is 25.0 Å². The first-order chi connectivity index (χ1) is 14.0. The number of carboxylic acids is 1. The van der Waals surface area contributed by atoms with E-state index in [1.807, 2.05) is 12.1 Å². The molecule has 0 amide bonds. The van der Waals surface area contributed by atoms with E-state index in [-0.39, 0.29) is 11.3 Å². The van der Waals surface area contributed by atoms with Crippen LogP contribution in [0.5, 0.6) is 5.75 Å². The maximum absolute atomic E-state index is 11.3. The predicted molar refractivity (Wildman–Crippen MR) is 113 cm³/mol.